The molecule has 0 unspecified atom stereocenters. The van der Waals surface area contributed by atoms with Gasteiger partial charge in [-0.2, -0.15) is 0 Å². The van der Waals surface area contributed by atoms with E-state index in [0.717, 1.165) is 42.7 Å². The molecule has 130 valence electrons. The van der Waals surface area contributed by atoms with Crippen LogP contribution in [0.1, 0.15) is 75.4 Å². The maximum absolute atomic E-state index is 12.3. The second-order valence-electron chi connectivity index (χ2n) is 6.30. The summed E-state index contributed by atoms with van der Waals surface area (Å²) in [5.74, 6) is 1.16. The Kier molecular flexibility index (Phi) is 8.75. The molecule has 0 saturated heterocycles. The molecule has 23 heavy (non-hydrogen) atoms. The van der Waals surface area contributed by atoms with Crippen LogP contribution in [-0.4, -0.2) is 19.2 Å². The van der Waals surface area contributed by atoms with Gasteiger partial charge in [0.05, 0.1) is 13.2 Å². The Hall–Kier alpha value is -1.51. The Bertz CT molecular complexity index is 492. The maximum atomic E-state index is 12.3. The fraction of sp³-hybridized carbons (Fsp3) is 0.650. The molecule has 1 aromatic rings. The predicted octanol–water partition coefficient (Wildman–Crippen LogP) is 5.19. The lowest BCUT2D eigenvalue weighted by molar-refractivity contribution is 0.0521. The zero-order valence-electron chi connectivity index (χ0n) is 15.4. The van der Waals surface area contributed by atoms with Gasteiger partial charge in [-0.05, 0) is 55.7 Å². The first-order valence-electron chi connectivity index (χ1n) is 8.99. The molecule has 0 fully saturated rings. The molecule has 0 atom stereocenters. The number of benzene rings is 1. The zero-order valence-corrected chi connectivity index (χ0v) is 15.4. The SMILES string of the molecule is CCOC(=O)c1cc(CC)cc(CC)c1OCCCCC(C)C. The third kappa shape index (κ3) is 6.25. The van der Waals surface area contributed by atoms with Crippen LogP contribution in [0.25, 0.3) is 0 Å². The van der Waals surface area contributed by atoms with E-state index >= 15 is 0 Å². The van der Waals surface area contributed by atoms with Gasteiger partial charge in [0.15, 0.2) is 0 Å². The molecule has 0 aliphatic rings. The van der Waals surface area contributed by atoms with E-state index in [-0.39, 0.29) is 5.97 Å². The summed E-state index contributed by atoms with van der Waals surface area (Å²) in [6.07, 6.45) is 5.12. The lowest BCUT2D eigenvalue weighted by Gasteiger charge is -2.16. The predicted molar refractivity (Wildman–Crippen MR) is 95.3 cm³/mol. The van der Waals surface area contributed by atoms with Crippen LogP contribution in [0.2, 0.25) is 0 Å². The molecule has 0 aromatic heterocycles. The zero-order chi connectivity index (χ0) is 17.2. The average Bonchev–Trinajstić information content (AvgIpc) is 2.53. The summed E-state index contributed by atoms with van der Waals surface area (Å²) in [6.45, 7) is 11.5. The van der Waals surface area contributed by atoms with Gasteiger partial charge in [-0.25, -0.2) is 4.79 Å². The number of rotatable bonds is 10. The third-order valence-electron chi connectivity index (χ3n) is 3.93. The van der Waals surface area contributed by atoms with E-state index in [0.29, 0.717) is 24.5 Å². The lowest BCUT2D eigenvalue weighted by atomic mass is 10.0. The van der Waals surface area contributed by atoms with Crippen LogP contribution in [0, 0.1) is 5.92 Å². The van der Waals surface area contributed by atoms with E-state index in [9.17, 15) is 4.79 Å². The van der Waals surface area contributed by atoms with Crippen molar-refractivity contribution >= 4 is 5.97 Å². The fourth-order valence-corrected chi connectivity index (χ4v) is 2.58. The van der Waals surface area contributed by atoms with Crippen molar-refractivity contribution in [3.05, 3.63) is 28.8 Å². The molecule has 0 heterocycles. The number of ether oxygens (including phenoxy) is 2. The molecule has 1 aromatic carbocycles. The minimum absolute atomic E-state index is 0.283. The molecule has 1 rings (SSSR count). The molecule has 0 aliphatic carbocycles. The van der Waals surface area contributed by atoms with Crippen molar-refractivity contribution in [2.24, 2.45) is 5.92 Å². The second-order valence-corrected chi connectivity index (χ2v) is 6.30. The van der Waals surface area contributed by atoms with Crippen molar-refractivity contribution in [1.82, 2.24) is 0 Å². The van der Waals surface area contributed by atoms with E-state index in [1.165, 1.54) is 6.42 Å². The first kappa shape index (κ1) is 19.5. The second kappa shape index (κ2) is 10.3. The number of hydrogen-bond donors (Lipinski definition) is 0. The Morgan fingerprint density at radius 1 is 1.09 bits per heavy atom. The molecular weight excluding hydrogens is 288 g/mol. The van der Waals surface area contributed by atoms with Gasteiger partial charge in [-0.15, -0.1) is 0 Å². The van der Waals surface area contributed by atoms with Gasteiger partial charge in [-0.3, -0.25) is 0 Å². The van der Waals surface area contributed by atoms with Crippen LogP contribution in [0.3, 0.4) is 0 Å². The number of carbonyl (C=O) groups is 1. The quantitative estimate of drug-likeness (QED) is 0.439. The van der Waals surface area contributed by atoms with E-state index in [4.69, 9.17) is 9.47 Å². The highest BCUT2D eigenvalue weighted by Gasteiger charge is 2.18. The number of esters is 1. The van der Waals surface area contributed by atoms with E-state index < -0.39 is 0 Å². The molecular formula is C20H32O3. The topological polar surface area (TPSA) is 35.5 Å². The van der Waals surface area contributed by atoms with Gasteiger partial charge in [0.2, 0.25) is 0 Å². The molecule has 0 bridgehead atoms. The van der Waals surface area contributed by atoms with Crippen molar-refractivity contribution in [3.8, 4) is 5.75 Å². The maximum Gasteiger partial charge on any atom is 0.341 e. The van der Waals surface area contributed by atoms with E-state index in [1.807, 2.05) is 13.0 Å². The number of unbranched alkanes of at least 4 members (excludes halogenated alkanes) is 1. The first-order valence-corrected chi connectivity index (χ1v) is 8.99. The van der Waals surface area contributed by atoms with Gasteiger partial charge < -0.3 is 9.47 Å². The van der Waals surface area contributed by atoms with Crippen molar-refractivity contribution in [3.63, 3.8) is 0 Å². The smallest absolute Gasteiger partial charge is 0.341 e. The fourth-order valence-electron chi connectivity index (χ4n) is 2.58. The van der Waals surface area contributed by atoms with Crippen molar-refractivity contribution in [1.29, 1.82) is 0 Å². The van der Waals surface area contributed by atoms with Crippen LogP contribution in [0.4, 0.5) is 0 Å². The third-order valence-corrected chi connectivity index (χ3v) is 3.93. The normalized spacial score (nSPS) is 10.9. The number of aryl methyl sites for hydroxylation is 2. The van der Waals surface area contributed by atoms with E-state index in [2.05, 4.69) is 33.8 Å². The number of carbonyl (C=O) groups excluding carboxylic acids is 1. The summed E-state index contributed by atoms with van der Waals surface area (Å²) in [5, 5.41) is 0. The standard InChI is InChI=1S/C20H32O3/c1-6-16-13-17(7-2)19(18(14-16)20(21)22-8-3)23-12-10-9-11-15(4)5/h13-15H,6-12H2,1-5H3. The molecule has 0 N–H and O–H groups in total. The summed E-state index contributed by atoms with van der Waals surface area (Å²) in [4.78, 5) is 12.3. The molecule has 0 aliphatic heterocycles. The molecule has 0 radical (unpaired) electrons. The molecule has 0 spiro atoms. The van der Waals surface area contributed by atoms with Crippen LogP contribution >= 0.6 is 0 Å². The Morgan fingerprint density at radius 3 is 2.39 bits per heavy atom. The van der Waals surface area contributed by atoms with Gasteiger partial charge in [0.25, 0.3) is 0 Å². The Balaban J connectivity index is 2.90. The minimum atomic E-state index is -0.283. The van der Waals surface area contributed by atoms with E-state index in [1.54, 1.807) is 0 Å². The largest absolute Gasteiger partial charge is 0.492 e. The van der Waals surface area contributed by atoms with Crippen molar-refractivity contribution < 1.29 is 14.3 Å². The van der Waals surface area contributed by atoms with Crippen LogP contribution < -0.4 is 4.74 Å². The highest BCUT2D eigenvalue weighted by molar-refractivity contribution is 5.93. The summed E-state index contributed by atoms with van der Waals surface area (Å²) < 4.78 is 11.2. The molecule has 3 heteroatoms. The Morgan fingerprint density at radius 2 is 1.83 bits per heavy atom. The minimum Gasteiger partial charge on any atom is -0.492 e. The van der Waals surface area contributed by atoms with Gasteiger partial charge in [0, 0.05) is 0 Å². The monoisotopic (exact) mass is 320 g/mol. The summed E-state index contributed by atoms with van der Waals surface area (Å²) in [6, 6.07) is 4.06. The average molecular weight is 320 g/mol. The van der Waals surface area contributed by atoms with Gasteiger partial charge in [-0.1, -0.05) is 40.2 Å². The summed E-state index contributed by atoms with van der Waals surface area (Å²) >= 11 is 0. The van der Waals surface area contributed by atoms with Crippen LogP contribution in [-0.2, 0) is 17.6 Å². The highest BCUT2D eigenvalue weighted by Crippen LogP contribution is 2.28. The van der Waals surface area contributed by atoms with Crippen LogP contribution in [0.5, 0.6) is 5.75 Å². The molecule has 0 amide bonds. The molecule has 0 saturated carbocycles. The van der Waals surface area contributed by atoms with Gasteiger partial charge >= 0.3 is 5.97 Å². The van der Waals surface area contributed by atoms with Crippen LogP contribution in [0.15, 0.2) is 12.1 Å². The Labute approximate surface area is 141 Å². The molecule has 3 nitrogen and oxygen atoms in total. The van der Waals surface area contributed by atoms with Crippen molar-refractivity contribution in [2.45, 2.75) is 66.7 Å². The summed E-state index contributed by atoms with van der Waals surface area (Å²) in [5.41, 5.74) is 2.82. The first-order chi connectivity index (χ1) is 11.0. The number of hydrogen-bond acceptors (Lipinski definition) is 3. The highest BCUT2D eigenvalue weighted by atomic mass is 16.5. The summed E-state index contributed by atoms with van der Waals surface area (Å²) in [7, 11) is 0. The van der Waals surface area contributed by atoms with Crippen molar-refractivity contribution in [2.75, 3.05) is 13.2 Å². The van der Waals surface area contributed by atoms with Gasteiger partial charge in [0.1, 0.15) is 11.3 Å². The lowest BCUT2D eigenvalue weighted by Crippen LogP contribution is -2.11.